The molecule has 4 heteroatoms. The Morgan fingerprint density at radius 1 is 1.37 bits per heavy atom. The van der Waals surface area contributed by atoms with Gasteiger partial charge in [0, 0.05) is 25.4 Å². The van der Waals surface area contributed by atoms with Crippen molar-refractivity contribution in [3.63, 3.8) is 0 Å². The molecule has 0 bridgehead atoms. The van der Waals surface area contributed by atoms with Gasteiger partial charge >= 0.3 is 0 Å². The lowest BCUT2D eigenvalue weighted by atomic mass is 10.1. The molecule has 1 saturated heterocycles. The van der Waals surface area contributed by atoms with Crippen molar-refractivity contribution < 1.29 is 14.3 Å². The number of carbonyl (C=O) groups excluding carboxylic acids is 1. The fourth-order valence-corrected chi connectivity index (χ4v) is 2.24. The van der Waals surface area contributed by atoms with Crippen LogP contribution in [-0.2, 0) is 11.3 Å². The van der Waals surface area contributed by atoms with Gasteiger partial charge in [0.2, 0.25) is 5.91 Å². The number of nitrogens with zero attached hydrogens (tertiary/aromatic N) is 1. The molecule has 1 heterocycles. The molecule has 0 radical (unpaired) electrons. The number of hydrogen-bond acceptors (Lipinski definition) is 3. The second-order valence-corrected chi connectivity index (χ2v) is 4.53. The minimum Gasteiger partial charge on any atom is -0.493 e. The van der Waals surface area contributed by atoms with Gasteiger partial charge in [-0.3, -0.25) is 4.79 Å². The van der Waals surface area contributed by atoms with E-state index in [4.69, 9.17) is 15.9 Å². The third-order valence-electron chi connectivity index (χ3n) is 3.27. The van der Waals surface area contributed by atoms with Gasteiger partial charge in [-0.25, -0.2) is 0 Å². The van der Waals surface area contributed by atoms with E-state index >= 15 is 0 Å². The molecule has 1 aromatic rings. The van der Waals surface area contributed by atoms with E-state index in [1.165, 1.54) is 0 Å². The third-order valence-corrected chi connectivity index (χ3v) is 3.27. The Hall–Kier alpha value is -2.15. The summed E-state index contributed by atoms with van der Waals surface area (Å²) in [6, 6.07) is 5.65. The Kier molecular flexibility index (Phi) is 3.96. The number of hydrogen-bond donors (Lipinski definition) is 0. The molecule has 100 valence electrons. The molecular formula is C15H17NO3. The van der Waals surface area contributed by atoms with E-state index in [1.54, 1.807) is 19.1 Å². The molecule has 1 fully saturated rings. The van der Waals surface area contributed by atoms with E-state index in [-0.39, 0.29) is 11.8 Å². The molecule has 0 aromatic heterocycles. The molecule has 1 aromatic carbocycles. The number of terminal acetylenes is 1. The summed E-state index contributed by atoms with van der Waals surface area (Å²) in [6.45, 7) is 1.18. The molecule has 1 aliphatic heterocycles. The van der Waals surface area contributed by atoms with E-state index in [0.717, 1.165) is 5.56 Å². The zero-order valence-corrected chi connectivity index (χ0v) is 11.2. The van der Waals surface area contributed by atoms with Crippen molar-refractivity contribution in [1.82, 2.24) is 4.90 Å². The zero-order chi connectivity index (χ0) is 13.8. The molecule has 2 rings (SSSR count). The number of rotatable bonds is 4. The van der Waals surface area contributed by atoms with Crippen LogP contribution in [0.2, 0.25) is 0 Å². The number of ether oxygens (including phenoxy) is 2. The first-order valence-corrected chi connectivity index (χ1v) is 6.12. The monoisotopic (exact) mass is 259 g/mol. The average molecular weight is 259 g/mol. The minimum absolute atomic E-state index is 0.0349. The first kappa shape index (κ1) is 13.3. The van der Waals surface area contributed by atoms with Crippen LogP contribution < -0.4 is 9.47 Å². The van der Waals surface area contributed by atoms with Gasteiger partial charge in [0.25, 0.3) is 0 Å². The highest BCUT2D eigenvalue weighted by Crippen LogP contribution is 2.29. The summed E-state index contributed by atoms with van der Waals surface area (Å²) in [5, 5.41) is 0. The van der Waals surface area contributed by atoms with Crippen molar-refractivity contribution in [2.45, 2.75) is 13.0 Å². The molecule has 1 aliphatic rings. The third kappa shape index (κ3) is 2.82. The molecule has 1 atom stereocenters. The van der Waals surface area contributed by atoms with Crippen LogP contribution >= 0.6 is 0 Å². The molecule has 0 N–H and O–H groups in total. The van der Waals surface area contributed by atoms with Crippen LogP contribution in [0.4, 0.5) is 0 Å². The number of benzene rings is 1. The Bertz CT molecular complexity index is 519. The molecule has 19 heavy (non-hydrogen) atoms. The van der Waals surface area contributed by atoms with Gasteiger partial charge in [-0.2, -0.15) is 0 Å². The first-order chi connectivity index (χ1) is 9.17. The van der Waals surface area contributed by atoms with Crippen LogP contribution in [0.1, 0.15) is 12.0 Å². The lowest BCUT2D eigenvalue weighted by Crippen LogP contribution is -2.24. The lowest BCUT2D eigenvalue weighted by molar-refractivity contribution is -0.128. The Balaban J connectivity index is 2.12. The van der Waals surface area contributed by atoms with E-state index < -0.39 is 0 Å². The van der Waals surface area contributed by atoms with E-state index in [9.17, 15) is 4.79 Å². The van der Waals surface area contributed by atoms with Crippen molar-refractivity contribution in [3.05, 3.63) is 23.8 Å². The van der Waals surface area contributed by atoms with Gasteiger partial charge in [-0.15, -0.1) is 12.3 Å². The van der Waals surface area contributed by atoms with Gasteiger partial charge in [0.15, 0.2) is 11.5 Å². The molecule has 4 nitrogen and oxygen atoms in total. The van der Waals surface area contributed by atoms with Crippen molar-refractivity contribution in [2.24, 2.45) is 5.92 Å². The highest BCUT2D eigenvalue weighted by Gasteiger charge is 2.28. The SMILES string of the molecule is C#CC1CC(=O)N(Cc2ccc(OC)c(OC)c2)C1. The van der Waals surface area contributed by atoms with Crippen molar-refractivity contribution in [1.29, 1.82) is 0 Å². The maximum absolute atomic E-state index is 11.8. The maximum atomic E-state index is 11.8. The second-order valence-electron chi connectivity index (χ2n) is 4.53. The van der Waals surface area contributed by atoms with Crippen LogP contribution in [0.3, 0.4) is 0 Å². The highest BCUT2D eigenvalue weighted by atomic mass is 16.5. The zero-order valence-electron chi connectivity index (χ0n) is 11.2. The van der Waals surface area contributed by atoms with Gasteiger partial charge in [0.1, 0.15) is 0 Å². The molecule has 1 unspecified atom stereocenters. The van der Waals surface area contributed by atoms with Crippen molar-refractivity contribution >= 4 is 5.91 Å². The summed E-state index contributed by atoms with van der Waals surface area (Å²) in [7, 11) is 3.19. The number of methoxy groups -OCH3 is 2. The van der Waals surface area contributed by atoms with Crippen molar-refractivity contribution in [2.75, 3.05) is 20.8 Å². The summed E-state index contributed by atoms with van der Waals surface area (Å²) in [5.41, 5.74) is 1.00. The topological polar surface area (TPSA) is 38.8 Å². The Morgan fingerprint density at radius 2 is 2.11 bits per heavy atom. The summed E-state index contributed by atoms with van der Waals surface area (Å²) in [4.78, 5) is 13.6. The Morgan fingerprint density at radius 3 is 2.68 bits per heavy atom. The van der Waals surface area contributed by atoms with Crippen LogP contribution in [-0.4, -0.2) is 31.6 Å². The largest absolute Gasteiger partial charge is 0.493 e. The first-order valence-electron chi connectivity index (χ1n) is 6.12. The second kappa shape index (κ2) is 5.66. The van der Waals surface area contributed by atoms with Crippen LogP contribution in [0.25, 0.3) is 0 Å². The number of amides is 1. The molecule has 0 spiro atoms. The highest BCUT2D eigenvalue weighted by molar-refractivity contribution is 5.79. The van der Waals surface area contributed by atoms with Crippen LogP contribution in [0.15, 0.2) is 18.2 Å². The summed E-state index contributed by atoms with van der Waals surface area (Å²) < 4.78 is 10.4. The van der Waals surface area contributed by atoms with Crippen molar-refractivity contribution in [3.8, 4) is 23.8 Å². The molecule has 1 amide bonds. The maximum Gasteiger partial charge on any atom is 0.224 e. The minimum atomic E-state index is 0.0349. The van der Waals surface area contributed by atoms with Crippen LogP contribution in [0.5, 0.6) is 11.5 Å². The predicted octanol–water partition coefficient (Wildman–Crippen LogP) is 1.69. The quantitative estimate of drug-likeness (QED) is 0.772. The summed E-state index contributed by atoms with van der Waals surface area (Å²) >= 11 is 0. The predicted molar refractivity (Wildman–Crippen MR) is 71.9 cm³/mol. The van der Waals surface area contributed by atoms with E-state index in [0.29, 0.717) is 31.0 Å². The number of carbonyl (C=O) groups is 1. The van der Waals surface area contributed by atoms with E-state index in [1.807, 2.05) is 18.2 Å². The average Bonchev–Trinajstić information content (AvgIpc) is 2.79. The standard InChI is InChI=1S/C15H17NO3/c1-4-11-8-15(17)16(9-11)10-12-5-6-13(18-2)14(7-12)19-3/h1,5-7,11H,8-10H2,2-3H3. The normalized spacial score (nSPS) is 18.3. The van der Waals surface area contributed by atoms with Gasteiger partial charge in [0.05, 0.1) is 14.2 Å². The summed E-state index contributed by atoms with van der Waals surface area (Å²) in [6.07, 6.45) is 5.82. The Labute approximate surface area is 113 Å². The fourth-order valence-electron chi connectivity index (χ4n) is 2.24. The van der Waals surface area contributed by atoms with Crippen LogP contribution in [0, 0.1) is 18.3 Å². The molecular weight excluding hydrogens is 242 g/mol. The fraction of sp³-hybridized carbons (Fsp3) is 0.400. The van der Waals surface area contributed by atoms with E-state index in [2.05, 4.69) is 5.92 Å². The lowest BCUT2D eigenvalue weighted by Gasteiger charge is -2.17. The smallest absolute Gasteiger partial charge is 0.224 e. The molecule has 0 aliphatic carbocycles. The van der Waals surface area contributed by atoms with Gasteiger partial charge in [-0.05, 0) is 17.7 Å². The van der Waals surface area contributed by atoms with Gasteiger partial charge in [-0.1, -0.05) is 6.07 Å². The number of likely N-dealkylation sites (tertiary alicyclic amines) is 1. The summed E-state index contributed by atoms with van der Waals surface area (Å²) in [5.74, 6) is 4.14. The van der Waals surface area contributed by atoms with Gasteiger partial charge < -0.3 is 14.4 Å². The molecule has 0 saturated carbocycles.